The minimum absolute atomic E-state index is 0.303. The summed E-state index contributed by atoms with van der Waals surface area (Å²) in [5.74, 6) is 0.937. The fraction of sp³-hybridized carbons (Fsp3) is 0.500. The normalized spacial score (nSPS) is 12.6. The second-order valence-electron chi connectivity index (χ2n) is 4.62. The van der Waals surface area contributed by atoms with E-state index in [2.05, 4.69) is 44.8 Å². The number of nitrogens with one attached hydrogen (secondary N) is 1. The molecular formula is C14H21N3OS. The minimum atomic E-state index is 0.303. The molecule has 0 saturated heterocycles. The van der Waals surface area contributed by atoms with E-state index in [1.54, 1.807) is 18.4 Å². The van der Waals surface area contributed by atoms with Gasteiger partial charge >= 0.3 is 0 Å². The number of thiophene rings is 1. The summed E-state index contributed by atoms with van der Waals surface area (Å²) < 4.78 is 7.25. The Kier molecular flexibility index (Phi) is 4.99. The summed E-state index contributed by atoms with van der Waals surface area (Å²) in [5.41, 5.74) is 2.36. The summed E-state index contributed by atoms with van der Waals surface area (Å²) in [4.78, 5) is 4.55. The highest BCUT2D eigenvalue weighted by Crippen LogP contribution is 2.24. The highest BCUT2D eigenvalue weighted by molar-refractivity contribution is 7.07. The van der Waals surface area contributed by atoms with Crippen LogP contribution in [0.5, 0.6) is 0 Å². The number of aryl methyl sites for hydroxylation is 1. The molecule has 0 bridgehead atoms. The van der Waals surface area contributed by atoms with Gasteiger partial charge in [0.1, 0.15) is 0 Å². The molecule has 0 fully saturated rings. The Labute approximate surface area is 118 Å². The summed E-state index contributed by atoms with van der Waals surface area (Å²) in [6.45, 7) is 5.87. The number of hydrogen-bond donors (Lipinski definition) is 1. The van der Waals surface area contributed by atoms with Gasteiger partial charge in [0, 0.05) is 26.5 Å². The minimum Gasteiger partial charge on any atom is -0.385 e. The molecule has 0 saturated carbocycles. The Balaban J connectivity index is 2.07. The van der Waals surface area contributed by atoms with Gasteiger partial charge < -0.3 is 14.6 Å². The Bertz CT molecular complexity index is 493. The first-order valence-electron chi connectivity index (χ1n) is 6.52. The summed E-state index contributed by atoms with van der Waals surface area (Å²) in [5, 5.41) is 7.69. The largest absolute Gasteiger partial charge is 0.385 e. The first kappa shape index (κ1) is 14.1. The maximum Gasteiger partial charge on any atom is 0.203 e. The van der Waals surface area contributed by atoms with Gasteiger partial charge in [0.15, 0.2) is 0 Å². The van der Waals surface area contributed by atoms with E-state index in [0.29, 0.717) is 6.04 Å². The predicted molar refractivity (Wildman–Crippen MR) is 80.1 cm³/mol. The second-order valence-corrected chi connectivity index (χ2v) is 5.40. The molecule has 0 aliphatic rings. The van der Waals surface area contributed by atoms with Crippen molar-refractivity contribution in [2.75, 3.05) is 25.6 Å². The van der Waals surface area contributed by atoms with Crippen molar-refractivity contribution in [3.8, 4) is 0 Å². The van der Waals surface area contributed by atoms with Crippen molar-refractivity contribution in [1.82, 2.24) is 9.55 Å². The molecular weight excluding hydrogens is 258 g/mol. The Hall–Kier alpha value is -1.33. The SMILES string of the molecule is COCCCNc1nc(C)cn1C(C)c1ccsc1. The number of rotatable bonds is 7. The summed E-state index contributed by atoms with van der Waals surface area (Å²) in [7, 11) is 1.73. The molecule has 104 valence electrons. The maximum atomic E-state index is 5.06. The number of nitrogens with zero attached hydrogens (tertiary/aromatic N) is 2. The highest BCUT2D eigenvalue weighted by atomic mass is 32.1. The van der Waals surface area contributed by atoms with Gasteiger partial charge in [0.05, 0.1) is 11.7 Å². The van der Waals surface area contributed by atoms with Crippen LogP contribution in [0.3, 0.4) is 0 Å². The molecule has 2 rings (SSSR count). The lowest BCUT2D eigenvalue weighted by Crippen LogP contribution is -2.13. The van der Waals surface area contributed by atoms with E-state index in [0.717, 1.165) is 31.2 Å². The third-order valence-electron chi connectivity index (χ3n) is 3.10. The van der Waals surface area contributed by atoms with Gasteiger partial charge in [-0.1, -0.05) is 0 Å². The van der Waals surface area contributed by atoms with E-state index in [9.17, 15) is 0 Å². The summed E-state index contributed by atoms with van der Waals surface area (Å²) >= 11 is 1.73. The lowest BCUT2D eigenvalue weighted by Gasteiger charge is -2.16. The molecule has 0 aliphatic heterocycles. The zero-order chi connectivity index (χ0) is 13.7. The smallest absolute Gasteiger partial charge is 0.203 e. The molecule has 0 aromatic carbocycles. The molecule has 0 radical (unpaired) electrons. The molecule has 2 aromatic rings. The van der Waals surface area contributed by atoms with Crippen LogP contribution < -0.4 is 5.32 Å². The molecule has 2 heterocycles. The maximum absolute atomic E-state index is 5.06. The molecule has 2 aromatic heterocycles. The Morgan fingerprint density at radius 3 is 3.05 bits per heavy atom. The fourth-order valence-electron chi connectivity index (χ4n) is 2.03. The predicted octanol–water partition coefficient (Wildman–Crippen LogP) is 3.31. The molecule has 1 atom stereocenters. The van der Waals surface area contributed by atoms with Crippen molar-refractivity contribution in [2.24, 2.45) is 0 Å². The van der Waals surface area contributed by atoms with Crippen molar-refractivity contribution in [2.45, 2.75) is 26.3 Å². The van der Waals surface area contributed by atoms with Gasteiger partial charge in [-0.3, -0.25) is 0 Å². The zero-order valence-electron chi connectivity index (χ0n) is 11.7. The van der Waals surface area contributed by atoms with Crippen LogP contribution in [0.2, 0.25) is 0 Å². The number of imidazole rings is 1. The van der Waals surface area contributed by atoms with Crippen LogP contribution in [-0.4, -0.2) is 29.8 Å². The zero-order valence-corrected chi connectivity index (χ0v) is 12.5. The third-order valence-corrected chi connectivity index (χ3v) is 3.81. The average molecular weight is 279 g/mol. The van der Waals surface area contributed by atoms with E-state index in [1.165, 1.54) is 5.56 Å². The average Bonchev–Trinajstić information content (AvgIpc) is 3.03. The van der Waals surface area contributed by atoms with Crippen molar-refractivity contribution >= 4 is 17.3 Å². The first-order chi connectivity index (χ1) is 9.22. The van der Waals surface area contributed by atoms with Crippen LogP contribution in [-0.2, 0) is 4.74 Å². The number of hydrogen-bond acceptors (Lipinski definition) is 4. The standard InChI is InChI=1S/C14H21N3OS/c1-11-9-17(12(2)13-5-8-19-10-13)14(16-11)15-6-4-7-18-3/h5,8-10,12H,4,6-7H2,1-3H3,(H,15,16). The quantitative estimate of drug-likeness (QED) is 0.790. The van der Waals surface area contributed by atoms with Crippen LogP contribution in [0.1, 0.15) is 30.6 Å². The first-order valence-corrected chi connectivity index (χ1v) is 7.47. The van der Waals surface area contributed by atoms with Gasteiger partial charge in [0.25, 0.3) is 0 Å². The third kappa shape index (κ3) is 3.58. The molecule has 5 heteroatoms. The fourth-order valence-corrected chi connectivity index (χ4v) is 2.78. The molecule has 0 aliphatic carbocycles. The van der Waals surface area contributed by atoms with Crippen LogP contribution in [0.4, 0.5) is 5.95 Å². The van der Waals surface area contributed by atoms with Crippen molar-refractivity contribution < 1.29 is 4.74 Å². The van der Waals surface area contributed by atoms with Gasteiger partial charge in [-0.05, 0) is 42.7 Å². The lowest BCUT2D eigenvalue weighted by atomic mass is 10.2. The van der Waals surface area contributed by atoms with Crippen LogP contribution in [0.25, 0.3) is 0 Å². The second kappa shape index (κ2) is 6.73. The molecule has 1 N–H and O–H groups in total. The molecule has 1 unspecified atom stereocenters. The van der Waals surface area contributed by atoms with Gasteiger partial charge in [0.2, 0.25) is 5.95 Å². The Morgan fingerprint density at radius 1 is 1.53 bits per heavy atom. The number of anilines is 1. The lowest BCUT2D eigenvalue weighted by molar-refractivity contribution is 0.197. The van der Waals surface area contributed by atoms with E-state index in [1.807, 2.05) is 6.92 Å². The van der Waals surface area contributed by atoms with Crippen LogP contribution in [0, 0.1) is 6.92 Å². The number of ether oxygens (including phenoxy) is 1. The summed E-state index contributed by atoms with van der Waals surface area (Å²) in [6, 6.07) is 2.47. The van der Waals surface area contributed by atoms with Gasteiger partial charge in [-0.25, -0.2) is 4.98 Å². The van der Waals surface area contributed by atoms with Gasteiger partial charge in [-0.2, -0.15) is 11.3 Å². The van der Waals surface area contributed by atoms with E-state index >= 15 is 0 Å². The number of methoxy groups -OCH3 is 1. The monoisotopic (exact) mass is 279 g/mol. The Morgan fingerprint density at radius 2 is 2.37 bits per heavy atom. The molecule has 0 spiro atoms. The van der Waals surface area contributed by atoms with Crippen LogP contribution >= 0.6 is 11.3 Å². The van der Waals surface area contributed by atoms with Crippen molar-refractivity contribution in [3.63, 3.8) is 0 Å². The number of aromatic nitrogens is 2. The molecule has 0 amide bonds. The van der Waals surface area contributed by atoms with Crippen molar-refractivity contribution in [1.29, 1.82) is 0 Å². The summed E-state index contributed by atoms with van der Waals surface area (Å²) in [6.07, 6.45) is 3.08. The van der Waals surface area contributed by atoms with E-state index in [4.69, 9.17) is 4.74 Å². The molecule has 4 nitrogen and oxygen atoms in total. The molecule has 19 heavy (non-hydrogen) atoms. The van der Waals surface area contributed by atoms with Crippen molar-refractivity contribution in [3.05, 3.63) is 34.3 Å². The topological polar surface area (TPSA) is 39.1 Å². The highest BCUT2D eigenvalue weighted by Gasteiger charge is 2.13. The van der Waals surface area contributed by atoms with E-state index < -0.39 is 0 Å². The van der Waals surface area contributed by atoms with E-state index in [-0.39, 0.29) is 0 Å². The van der Waals surface area contributed by atoms with Crippen LogP contribution in [0.15, 0.2) is 23.0 Å². The van der Waals surface area contributed by atoms with Gasteiger partial charge in [-0.15, -0.1) is 0 Å².